The SMILES string of the molecule is CC(C)c1nc(-c2cc(Br)c(Cl)s2)[nH]c(=O)c1Br. The summed E-state index contributed by atoms with van der Waals surface area (Å²) in [6.07, 6.45) is 0. The van der Waals surface area contributed by atoms with Crippen LogP contribution in [0.2, 0.25) is 4.34 Å². The maximum atomic E-state index is 11.8. The van der Waals surface area contributed by atoms with Gasteiger partial charge < -0.3 is 4.98 Å². The Kier molecular flexibility index (Phi) is 4.31. The summed E-state index contributed by atoms with van der Waals surface area (Å²) >= 11 is 14.0. The molecule has 2 aromatic heterocycles. The average molecular weight is 413 g/mol. The molecule has 3 nitrogen and oxygen atoms in total. The second-order valence-electron chi connectivity index (χ2n) is 4.00. The van der Waals surface area contributed by atoms with Crippen LogP contribution in [0, 0.1) is 0 Å². The van der Waals surface area contributed by atoms with Crippen LogP contribution in [-0.2, 0) is 0 Å². The van der Waals surface area contributed by atoms with Gasteiger partial charge in [0.1, 0.15) is 8.81 Å². The minimum atomic E-state index is -0.177. The summed E-state index contributed by atoms with van der Waals surface area (Å²) < 4.78 is 1.94. The van der Waals surface area contributed by atoms with Gasteiger partial charge in [-0.15, -0.1) is 11.3 Å². The van der Waals surface area contributed by atoms with Gasteiger partial charge in [0.15, 0.2) is 5.82 Å². The minimum Gasteiger partial charge on any atom is -0.305 e. The maximum Gasteiger partial charge on any atom is 0.265 e. The summed E-state index contributed by atoms with van der Waals surface area (Å²) in [6.45, 7) is 3.99. The molecule has 0 spiro atoms. The monoisotopic (exact) mass is 410 g/mol. The first-order valence-electron chi connectivity index (χ1n) is 5.15. The zero-order valence-electron chi connectivity index (χ0n) is 9.55. The van der Waals surface area contributed by atoms with E-state index in [2.05, 4.69) is 41.8 Å². The van der Waals surface area contributed by atoms with Gasteiger partial charge in [-0.25, -0.2) is 4.98 Å². The zero-order chi connectivity index (χ0) is 13.4. The van der Waals surface area contributed by atoms with E-state index >= 15 is 0 Å². The number of hydrogen-bond acceptors (Lipinski definition) is 3. The third-order valence-corrected chi connectivity index (χ3v) is 5.56. The van der Waals surface area contributed by atoms with Crippen molar-refractivity contribution in [3.05, 3.63) is 35.4 Å². The lowest BCUT2D eigenvalue weighted by Gasteiger charge is -2.08. The Labute approximate surface area is 130 Å². The lowest BCUT2D eigenvalue weighted by Crippen LogP contribution is -2.14. The van der Waals surface area contributed by atoms with Gasteiger partial charge in [0, 0.05) is 4.47 Å². The van der Waals surface area contributed by atoms with Crippen LogP contribution in [0.25, 0.3) is 10.7 Å². The number of halogens is 3. The van der Waals surface area contributed by atoms with Crippen LogP contribution in [0.15, 0.2) is 19.8 Å². The summed E-state index contributed by atoms with van der Waals surface area (Å²) in [6, 6.07) is 1.85. The van der Waals surface area contributed by atoms with Crippen LogP contribution in [0.5, 0.6) is 0 Å². The Balaban J connectivity index is 2.62. The molecule has 0 bridgehead atoms. The van der Waals surface area contributed by atoms with Crippen molar-refractivity contribution in [1.29, 1.82) is 0 Å². The fraction of sp³-hybridized carbons (Fsp3) is 0.273. The second-order valence-corrected chi connectivity index (χ2v) is 7.30. The molecule has 7 heteroatoms. The largest absolute Gasteiger partial charge is 0.305 e. The standard InChI is InChI=1S/C11H9Br2ClN2OS/c1-4(2)8-7(13)11(17)16-10(15-8)6-3-5(12)9(14)18-6/h3-4H,1-2H3,(H,15,16,17). The average Bonchev–Trinajstić information content (AvgIpc) is 2.62. The van der Waals surface area contributed by atoms with Gasteiger partial charge >= 0.3 is 0 Å². The van der Waals surface area contributed by atoms with Gasteiger partial charge in [0.25, 0.3) is 5.56 Å². The number of thiophene rings is 1. The Hall–Kier alpha value is -0.170. The molecular formula is C11H9Br2ClN2OS. The molecule has 0 amide bonds. The Bertz CT molecular complexity index is 631. The van der Waals surface area contributed by atoms with Crippen molar-refractivity contribution < 1.29 is 0 Å². The molecule has 96 valence electrons. The Morgan fingerprint density at radius 1 is 1.44 bits per heavy atom. The number of nitrogens with one attached hydrogen (secondary N) is 1. The molecule has 0 unspecified atom stereocenters. The fourth-order valence-corrected chi connectivity index (χ4v) is 3.73. The summed E-state index contributed by atoms with van der Waals surface area (Å²) in [7, 11) is 0. The summed E-state index contributed by atoms with van der Waals surface area (Å²) in [5.74, 6) is 0.712. The van der Waals surface area contributed by atoms with Gasteiger partial charge in [-0.05, 0) is 43.8 Å². The fourth-order valence-electron chi connectivity index (χ4n) is 1.44. The van der Waals surface area contributed by atoms with E-state index in [4.69, 9.17) is 11.6 Å². The van der Waals surface area contributed by atoms with Gasteiger partial charge in [-0.3, -0.25) is 4.79 Å². The molecule has 2 aromatic rings. The van der Waals surface area contributed by atoms with Crippen LogP contribution in [0.1, 0.15) is 25.5 Å². The molecule has 1 N–H and O–H groups in total. The van der Waals surface area contributed by atoms with E-state index in [1.807, 2.05) is 19.9 Å². The Morgan fingerprint density at radius 2 is 2.11 bits per heavy atom. The first-order chi connectivity index (χ1) is 8.40. The van der Waals surface area contributed by atoms with Crippen LogP contribution in [-0.4, -0.2) is 9.97 Å². The van der Waals surface area contributed by atoms with Crippen molar-refractivity contribution in [3.8, 4) is 10.7 Å². The van der Waals surface area contributed by atoms with Crippen molar-refractivity contribution in [3.63, 3.8) is 0 Å². The highest BCUT2D eigenvalue weighted by Gasteiger charge is 2.15. The molecule has 0 saturated heterocycles. The molecular weight excluding hydrogens is 403 g/mol. The van der Waals surface area contributed by atoms with Gasteiger partial charge in [-0.2, -0.15) is 0 Å². The number of hydrogen-bond donors (Lipinski definition) is 1. The van der Waals surface area contributed by atoms with Crippen molar-refractivity contribution in [2.45, 2.75) is 19.8 Å². The van der Waals surface area contributed by atoms with Crippen LogP contribution >= 0.6 is 54.8 Å². The van der Waals surface area contributed by atoms with E-state index < -0.39 is 0 Å². The van der Waals surface area contributed by atoms with E-state index in [0.29, 0.717) is 14.6 Å². The Morgan fingerprint density at radius 3 is 2.61 bits per heavy atom. The van der Waals surface area contributed by atoms with E-state index in [9.17, 15) is 4.79 Å². The summed E-state index contributed by atoms with van der Waals surface area (Å²) in [4.78, 5) is 19.9. The zero-order valence-corrected chi connectivity index (χ0v) is 14.3. The first-order valence-corrected chi connectivity index (χ1v) is 7.93. The molecule has 0 radical (unpaired) electrons. The lowest BCUT2D eigenvalue weighted by molar-refractivity contribution is 0.804. The summed E-state index contributed by atoms with van der Waals surface area (Å²) in [5.41, 5.74) is 0.568. The topological polar surface area (TPSA) is 45.8 Å². The second kappa shape index (κ2) is 5.45. The number of H-pyrrole nitrogens is 1. The van der Waals surface area contributed by atoms with Gasteiger partial charge in [0.05, 0.1) is 10.6 Å². The van der Waals surface area contributed by atoms with Crippen LogP contribution < -0.4 is 5.56 Å². The van der Waals surface area contributed by atoms with E-state index in [-0.39, 0.29) is 11.5 Å². The molecule has 2 heterocycles. The molecule has 2 rings (SSSR count). The van der Waals surface area contributed by atoms with Crippen LogP contribution in [0.4, 0.5) is 0 Å². The van der Waals surface area contributed by atoms with Gasteiger partial charge in [0.2, 0.25) is 0 Å². The highest BCUT2D eigenvalue weighted by Crippen LogP contribution is 2.36. The molecule has 18 heavy (non-hydrogen) atoms. The number of aromatic amines is 1. The molecule has 0 aliphatic rings. The maximum absolute atomic E-state index is 11.8. The van der Waals surface area contributed by atoms with E-state index in [0.717, 1.165) is 15.0 Å². The smallest absolute Gasteiger partial charge is 0.265 e. The molecule has 0 saturated carbocycles. The normalized spacial score (nSPS) is 11.2. The van der Waals surface area contributed by atoms with Gasteiger partial charge in [-0.1, -0.05) is 25.4 Å². The molecule has 0 aromatic carbocycles. The van der Waals surface area contributed by atoms with Crippen LogP contribution in [0.3, 0.4) is 0 Å². The third kappa shape index (κ3) is 2.71. The first kappa shape index (κ1) is 14.2. The quantitative estimate of drug-likeness (QED) is 0.770. The molecule has 0 atom stereocenters. The highest BCUT2D eigenvalue weighted by atomic mass is 79.9. The highest BCUT2D eigenvalue weighted by molar-refractivity contribution is 9.10. The molecule has 0 aliphatic carbocycles. The lowest BCUT2D eigenvalue weighted by atomic mass is 10.1. The van der Waals surface area contributed by atoms with Crippen molar-refractivity contribution in [2.24, 2.45) is 0 Å². The third-order valence-electron chi connectivity index (χ3n) is 2.31. The van der Waals surface area contributed by atoms with E-state index in [1.165, 1.54) is 11.3 Å². The van der Waals surface area contributed by atoms with Crippen molar-refractivity contribution >= 4 is 54.8 Å². The minimum absolute atomic E-state index is 0.166. The molecule has 0 aliphatic heterocycles. The predicted octanol–water partition coefficient (Wildman–Crippen LogP) is 4.80. The number of rotatable bonds is 2. The van der Waals surface area contributed by atoms with Crippen molar-refractivity contribution in [2.75, 3.05) is 0 Å². The molecule has 0 fully saturated rings. The summed E-state index contributed by atoms with van der Waals surface area (Å²) in [5, 5.41) is 0. The number of nitrogens with zero attached hydrogens (tertiary/aromatic N) is 1. The number of aromatic nitrogens is 2. The van der Waals surface area contributed by atoms with Crippen molar-refractivity contribution in [1.82, 2.24) is 9.97 Å². The predicted molar refractivity (Wildman–Crippen MR) is 82.7 cm³/mol. The van der Waals surface area contributed by atoms with E-state index in [1.54, 1.807) is 0 Å².